The minimum absolute atomic E-state index is 0. The molecule has 23 heavy (non-hydrogen) atoms. The van der Waals surface area contributed by atoms with Crippen molar-refractivity contribution < 1.29 is 14.7 Å². The van der Waals surface area contributed by atoms with Crippen molar-refractivity contribution in [2.45, 2.75) is 0 Å². The van der Waals surface area contributed by atoms with E-state index in [1.807, 2.05) is 0 Å². The second kappa shape index (κ2) is 6.82. The Morgan fingerprint density at radius 2 is 1.83 bits per heavy atom. The molecular weight excluding hydrogens is 309 g/mol. The van der Waals surface area contributed by atoms with Crippen molar-refractivity contribution in [3.63, 3.8) is 0 Å². The van der Waals surface area contributed by atoms with E-state index in [9.17, 15) is 14.4 Å². The number of carboxylic acids is 1. The van der Waals surface area contributed by atoms with Crippen LogP contribution in [0.2, 0.25) is 0 Å². The number of nitrogens with zero attached hydrogens (tertiary/aromatic N) is 1. The van der Waals surface area contributed by atoms with Gasteiger partial charge >= 0.3 is 47.2 Å². The Morgan fingerprint density at radius 3 is 2.57 bits per heavy atom. The number of aromatic carboxylic acids is 1. The molecule has 7 nitrogen and oxygen atoms in total. The van der Waals surface area contributed by atoms with E-state index in [-0.39, 0.29) is 35.1 Å². The fourth-order valence-corrected chi connectivity index (χ4v) is 2.17. The van der Waals surface area contributed by atoms with Crippen molar-refractivity contribution in [2.75, 3.05) is 5.32 Å². The minimum atomic E-state index is -1.10. The number of carbonyl (C=O) groups excluding carboxylic acids is 1. The van der Waals surface area contributed by atoms with Crippen molar-refractivity contribution in [1.29, 1.82) is 0 Å². The first-order valence-corrected chi connectivity index (χ1v) is 6.41. The van der Waals surface area contributed by atoms with Gasteiger partial charge in [0.2, 0.25) is 0 Å². The summed E-state index contributed by atoms with van der Waals surface area (Å²) in [6.45, 7) is 0. The van der Waals surface area contributed by atoms with Crippen LogP contribution in [-0.2, 0) is 0 Å². The number of nitrogens with one attached hydrogen (secondary N) is 2. The standard InChI is InChI=1S/C15H11N3O4.Na.H/c19-13(20)9-4-3-5-10(8-9)16-14(21)18-12-7-2-1-6-11(12)17-15(18)22;;/h1-8H,(H,16,21)(H,17,22)(H,19,20);;. The summed E-state index contributed by atoms with van der Waals surface area (Å²) in [6.07, 6.45) is 0. The second-order valence-corrected chi connectivity index (χ2v) is 4.60. The molecule has 1 amide bonds. The molecule has 0 atom stereocenters. The zero-order valence-electron chi connectivity index (χ0n) is 11.2. The number of hydrogen-bond donors (Lipinski definition) is 3. The Bertz CT molecular complexity index is 945. The first-order chi connectivity index (χ1) is 10.6. The zero-order valence-corrected chi connectivity index (χ0v) is 11.2. The molecule has 1 aromatic heterocycles. The van der Waals surface area contributed by atoms with Crippen LogP contribution in [0.3, 0.4) is 0 Å². The molecule has 3 aromatic rings. The molecule has 0 aliphatic rings. The fraction of sp³-hybridized carbons (Fsp3) is 0. The first kappa shape index (κ1) is 17.0. The van der Waals surface area contributed by atoms with Crippen LogP contribution in [0.1, 0.15) is 10.4 Å². The van der Waals surface area contributed by atoms with Crippen molar-refractivity contribution in [3.05, 3.63) is 64.6 Å². The van der Waals surface area contributed by atoms with Crippen LogP contribution in [0.4, 0.5) is 10.5 Å². The number of benzene rings is 2. The molecule has 0 aliphatic heterocycles. The Kier molecular flexibility index (Phi) is 5.05. The third-order valence-electron chi connectivity index (χ3n) is 3.15. The molecule has 112 valence electrons. The summed E-state index contributed by atoms with van der Waals surface area (Å²) >= 11 is 0. The predicted molar refractivity (Wildman–Crippen MR) is 87.5 cm³/mol. The van der Waals surface area contributed by atoms with Gasteiger partial charge in [0.15, 0.2) is 0 Å². The second-order valence-electron chi connectivity index (χ2n) is 4.60. The molecule has 8 heteroatoms. The average Bonchev–Trinajstić information content (AvgIpc) is 2.83. The van der Waals surface area contributed by atoms with E-state index in [4.69, 9.17) is 5.11 Å². The van der Waals surface area contributed by atoms with Gasteiger partial charge in [0.05, 0.1) is 16.6 Å². The number of aromatic amines is 1. The normalized spacial score (nSPS) is 10.1. The maximum absolute atomic E-state index is 12.3. The van der Waals surface area contributed by atoms with Crippen molar-refractivity contribution >= 4 is 58.3 Å². The first-order valence-electron chi connectivity index (χ1n) is 6.41. The van der Waals surface area contributed by atoms with Gasteiger partial charge in [-0.05, 0) is 30.3 Å². The summed E-state index contributed by atoms with van der Waals surface area (Å²) in [4.78, 5) is 37.7. The van der Waals surface area contributed by atoms with E-state index in [1.54, 1.807) is 30.3 Å². The molecular formula is C15H12N3NaO4. The van der Waals surface area contributed by atoms with Crippen LogP contribution in [-0.4, -0.2) is 56.2 Å². The van der Waals surface area contributed by atoms with Gasteiger partial charge in [-0.15, -0.1) is 0 Å². The topological polar surface area (TPSA) is 104 Å². The zero-order chi connectivity index (χ0) is 15.7. The number of aromatic nitrogens is 2. The Morgan fingerprint density at radius 1 is 1.09 bits per heavy atom. The molecule has 0 aliphatic carbocycles. The molecule has 2 aromatic carbocycles. The summed E-state index contributed by atoms with van der Waals surface area (Å²) in [5, 5.41) is 11.5. The van der Waals surface area contributed by atoms with E-state index < -0.39 is 17.7 Å². The SMILES string of the molecule is O=C(O)c1cccc(NC(=O)n2c(=O)[nH]c3ccccc32)c1.[NaH]. The number of anilines is 1. The summed E-state index contributed by atoms with van der Waals surface area (Å²) in [5.41, 5.74) is 0.764. The number of imidazole rings is 1. The quantitative estimate of drug-likeness (QED) is 0.622. The van der Waals surface area contributed by atoms with E-state index in [2.05, 4.69) is 10.3 Å². The van der Waals surface area contributed by atoms with Gasteiger partial charge < -0.3 is 15.4 Å². The number of carbonyl (C=O) groups is 2. The van der Waals surface area contributed by atoms with Gasteiger partial charge in [-0.3, -0.25) is 0 Å². The summed E-state index contributed by atoms with van der Waals surface area (Å²) < 4.78 is 0.961. The monoisotopic (exact) mass is 321 g/mol. The molecule has 0 radical (unpaired) electrons. The average molecular weight is 321 g/mol. The van der Waals surface area contributed by atoms with Gasteiger partial charge in [0.25, 0.3) is 0 Å². The number of carboxylic acid groups (broad SMARTS) is 1. The van der Waals surface area contributed by atoms with Gasteiger partial charge in [-0.1, -0.05) is 18.2 Å². The van der Waals surface area contributed by atoms with E-state index >= 15 is 0 Å². The van der Waals surface area contributed by atoms with Crippen LogP contribution in [0.25, 0.3) is 11.0 Å². The van der Waals surface area contributed by atoms with Gasteiger partial charge in [0, 0.05) is 5.69 Å². The number of H-pyrrole nitrogens is 1. The Hall–Kier alpha value is -2.35. The molecule has 0 fully saturated rings. The summed E-state index contributed by atoms with van der Waals surface area (Å²) in [6, 6.07) is 11.9. The van der Waals surface area contributed by atoms with Gasteiger partial charge in [0.1, 0.15) is 0 Å². The summed E-state index contributed by atoms with van der Waals surface area (Å²) in [5.74, 6) is -1.10. The van der Waals surface area contributed by atoms with Crippen molar-refractivity contribution in [3.8, 4) is 0 Å². The van der Waals surface area contributed by atoms with Crippen LogP contribution in [0.5, 0.6) is 0 Å². The number of amides is 1. The van der Waals surface area contributed by atoms with Crippen LogP contribution in [0, 0.1) is 0 Å². The van der Waals surface area contributed by atoms with E-state index in [0.717, 1.165) is 4.57 Å². The fourth-order valence-electron chi connectivity index (χ4n) is 2.17. The van der Waals surface area contributed by atoms with Crippen LogP contribution >= 0.6 is 0 Å². The molecule has 0 saturated carbocycles. The van der Waals surface area contributed by atoms with Crippen molar-refractivity contribution in [2.24, 2.45) is 0 Å². The molecule has 3 rings (SSSR count). The molecule has 0 saturated heterocycles. The van der Waals surface area contributed by atoms with Crippen molar-refractivity contribution in [1.82, 2.24) is 9.55 Å². The maximum atomic E-state index is 12.3. The molecule has 0 unspecified atom stereocenters. The number of fused-ring (bicyclic) bond motifs is 1. The Balaban J connectivity index is 0.00000192. The molecule has 0 bridgehead atoms. The molecule has 0 spiro atoms. The van der Waals surface area contributed by atoms with E-state index in [0.29, 0.717) is 16.7 Å². The number of rotatable bonds is 2. The van der Waals surface area contributed by atoms with Crippen LogP contribution < -0.4 is 11.0 Å². The number of hydrogen-bond acceptors (Lipinski definition) is 3. The third kappa shape index (κ3) is 3.37. The van der Waals surface area contributed by atoms with Gasteiger partial charge in [-0.25, -0.2) is 19.0 Å². The third-order valence-corrected chi connectivity index (χ3v) is 3.15. The van der Waals surface area contributed by atoms with Gasteiger partial charge in [-0.2, -0.15) is 0 Å². The molecule has 3 N–H and O–H groups in total. The Labute approximate surface area is 152 Å². The predicted octanol–water partition coefficient (Wildman–Crippen LogP) is 1.46. The van der Waals surface area contributed by atoms with E-state index in [1.165, 1.54) is 18.2 Å². The number of para-hydroxylation sites is 2. The summed E-state index contributed by atoms with van der Waals surface area (Å²) in [7, 11) is 0. The van der Waals surface area contributed by atoms with Crippen LogP contribution in [0.15, 0.2) is 53.3 Å². The molecule has 1 heterocycles.